The zero-order chi connectivity index (χ0) is 15.8. The molecule has 5 nitrogen and oxygen atoms in total. The van der Waals surface area contributed by atoms with Crippen LogP contribution in [0.4, 0.5) is 4.79 Å². The summed E-state index contributed by atoms with van der Waals surface area (Å²) in [7, 11) is 1.59. The average Bonchev–Trinajstić information content (AvgIpc) is 2.95. The lowest BCUT2D eigenvalue weighted by Gasteiger charge is -2.10. The summed E-state index contributed by atoms with van der Waals surface area (Å²) >= 11 is 5.59. The number of carbonyl (C=O) groups is 1. The van der Waals surface area contributed by atoms with Crippen molar-refractivity contribution in [2.45, 2.75) is 13.0 Å². The summed E-state index contributed by atoms with van der Waals surface area (Å²) in [6, 6.07) is 10.1. The molecule has 1 aromatic heterocycles. The molecule has 7 heteroatoms. The molecule has 0 saturated carbocycles. The Kier molecular flexibility index (Phi) is 6.70. The molecule has 0 aliphatic rings. The first-order chi connectivity index (χ1) is 10.6. The fraction of sp³-hybridized carbons (Fsp3) is 0.333. The van der Waals surface area contributed by atoms with Crippen LogP contribution < -0.4 is 10.6 Å². The standard InChI is InChI=1S/C15H20N4OS2/c1-19(21)15(20)17-8-7-16-10-13-11-22-14(18-13)9-12-5-3-2-4-6-12/h2-6,11,16,21H,7-10H2,1H3,(H,17,20). The van der Waals surface area contributed by atoms with Crippen molar-refractivity contribution in [2.24, 2.45) is 0 Å². The minimum absolute atomic E-state index is 0.205. The smallest absolute Gasteiger partial charge is 0.326 e. The molecule has 118 valence electrons. The molecule has 0 bridgehead atoms. The number of thiazole rings is 1. The highest BCUT2D eigenvalue weighted by molar-refractivity contribution is 7.78. The van der Waals surface area contributed by atoms with Crippen molar-refractivity contribution in [1.29, 1.82) is 0 Å². The number of hydrogen-bond donors (Lipinski definition) is 3. The zero-order valence-electron chi connectivity index (χ0n) is 12.5. The van der Waals surface area contributed by atoms with Crippen LogP contribution in [0.25, 0.3) is 0 Å². The van der Waals surface area contributed by atoms with Crippen LogP contribution in [0, 0.1) is 0 Å². The fourth-order valence-corrected chi connectivity index (χ4v) is 2.77. The van der Waals surface area contributed by atoms with Gasteiger partial charge in [0.1, 0.15) is 0 Å². The molecule has 0 aliphatic heterocycles. The van der Waals surface area contributed by atoms with Crippen LogP contribution in [0.5, 0.6) is 0 Å². The first-order valence-corrected chi connectivity index (χ1v) is 8.31. The SMILES string of the molecule is CN(S)C(=O)NCCNCc1csc(Cc2ccccc2)n1. The van der Waals surface area contributed by atoms with E-state index in [0.717, 1.165) is 17.1 Å². The number of aromatic nitrogens is 1. The number of urea groups is 1. The quantitative estimate of drug-likeness (QED) is 0.537. The summed E-state index contributed by atoms with van der Waals surface area (Å²) in [5, 5.41) is 9.19. The van der Waals surface area contributed by atoms with Gasteiger partial charge in [0.15, 0.2) is 0 Å². The second-order valence-electron chi connectivity index (χ2n) is 4.83. The molecule has 2 amide bonds. The Balaban J connectivity index is 1.68. The summed E-state index contributed by atoms with van der Waals surface area (Å²) in [4.78, 5) is 15.9. The molecule has 0 aliphatic carbocycles. The van der Waals surface area contributed by atoms with E-state index in [-0.39, 0.29) is 6.03 Å². The van der Waals surface area contributed by atoms with Gasteiger partial charge in [-0.1, -0.05) is 43.1 Å². The molecule has 2 rings (SSSR count). The maximum atomic E-state index is 11.3. The molecular formula is C15H20N4OS2. The maximum absolute atomic E-state index is 11.3. The van der Waals surface area contributed by atoms with Gasteiger partial charge < -0.3 is 10.6 Å². The Hall–Kier alpha value is -1.57. The van der Waals surface area contributed by atoms with Gasteiger partial charge in [0.2, 0.25) is 0 Å². The number of hydrogen-bond acceptors (Lipinski definition) is 5. The van der Waals surface area contributed by atoms with E-state index in [1.807, 2.05) is 18.2 Å². The van der Waals surface area contributed by atoms with E-state index >= 15 is 0 Å². The third-order valence-electron chi connectivity index (χ3n) is 2.98. The Labute approximate surface area is 140 Å². The van der Waals surface area contributed by atoms with Gasteiger partial charge in [-0.15, -0.1) is 11.3 Å². The van der Waals surface area contributed by atoms with Gasteiger partial charge >= 0.3 is 6.03 Å². The van der Waals surface area contributed by atoms with Crippen molar-refractivity contribution in [1.82, 2.24) is 19.9 Å². The van der Waals surface area contributed by atoms with E-state index in [9.17, 15) is 4.79 Å². The second kappa shape index (κ2) is 8.77. The first-order valence-electron chi connectivity index (χ1n) is 7.03. The van der Waals surface area contributed by atoms with E-state index in [1.165, 1.54) is 9.87 Å². The maximum Gasteiger partial charge on any atom is 0.326 e. The van der Waals surface area contributed by atoms with Crippen LogP contribution in [0.1, 0.15) is 16.3 Å². The fourth-order valence-electron chi connectivity index (χ4n) is 1.87. The molecule has 0 saturated heterocycles. The van der Waals surface area contributed by atoms with Gasteiger partial charge in [0.25, 0.3) is 0 Å². The average molecular weight is 336 g/mol. The molecule has 0 fully saturated rings. The Morgan fingerprint density at radius 3 is 2.82 bits per heavy atom. The highest BCUT2D eigenvalue weighted by Crippen LogP contribution is 2.14. The van der Waals surface area contributed by atoms with E-state index in [1.54, 1.807) is 18.4 Å². The van der Waals surface area contributed by atoms with Crippen LogP contribution in [-0.4, -0.2) is 35.5 Å². The number of benzene rings is 1. The molecule has 0 radical (unpaired) electrons. The summed E-state index contributed by atoms with van der Waals surface area (Å²) in [5.41, 5.74) is 2.31. The molecule has 2 aromatic rings. The molecule has 1 heterocycles. The van der Waals surface area contributed by atoms with Crippen molar-refractivity contribution in [2.75, 3.05) is 20.1 Å². The summed E-state index contributed by atoms with van der Waals surface area (Å²) < 4.78 is 1.22. The molecular weight excluding hydrogens is 316 g/mol. The lowest BCUT2D eigenvalue weighted by Crippen LogP contribution is -2.36. The molecule has 0 spiro atoms. The van der Waals surface area contributed by atoms with E-state index in [4.69, 9.17) is 0 Å². The Morgan fingerprint density at radius 2 is 2.09 bits per heavy atom. The van der Waals surface area contributed by atoms with Crippen LogP contribution in [0.3, 0.4) is 0 Å². The normalized spacial score (nSPS) is 10.5. The number of nitrogens with zero attached hydrogens (tertiary/aromatic N) is 2. The predicted molar refractivity (Wildman–Crippen MR) is 93.2 cm³/mol. The monoisotopic (exact) mass is 336 g/mol. The number of amides is 2. The summed E-state index contributed by atoms with van der Waals surface area (Å²) in [6.45, 7) is 1.96. The number of rotatable bonds is 7. The largest absolute Gasteiger partial charge is 0.336 e. The molecule has 2 N–H and O–H groups in total. The van der Waals surface area contributed by atoms with Crippen molar-refractivity contribution in [3.8, 4) is 0 Å². The van der Waals surface area contributed by atoms with Crippen LogP contribution >= 0.6 is 24.2 Å². The topological polar surface area (TPSA) is 57.3 Å². The molecule has 22 heavy (non-hydrogen) atoms. The molecule has 1 aromatic carbocycles. The highest BCUT2D eigenvalue weighted by Gasteiger charge is 2.04. The summed E-state index contributed by atoms with van der Waals surface area (Å²) in [5.74, 6) is 0. The van der Waals surface area contributed by atoms with Gasteiger partial charge in [-0.3, -0.25) is 4.31 Å². The Morgan fingerprint density at radius 1 is 1.32 bits per heavy atom. The van der Waals surface area contributed by atoms with E-state index in [2.05, 4.69) is 45.9 Å². The lowest BCUT2D eigenvalue weighted by atomic mass is 10.2. The van der Waals surface area contributed by atoms with Crippen molar-refractivity contribution in [3.63, 3.8) is 0 Å². The lowest BCUT2D eigenvalue weighted by molar-refractivity contribution is 0.231. The zero-order valence-corrected chi connectivity index (χ0v) is 14.2. The van der Waals surface area contributed by atoms with Crippen molar-refractivity contribution in [3.05, 3.63) is 52.0 Å². The summed E-state index contributed by atoms with van der Waals surface area (Å²) in [6.07, 6.45) is 0.871. The van der Waals surface area contributed by atoms with Crippen molar-refractivity contribution < 1.29 is 4.79 Å². The number of nitrogens with one attached hydrogen (secondary N) is 2. The van der Waals surface area contributed by atoms with Crippen LogP contribution in [0.2, 0.25) is 0 Å². The minimum Gasteiger partial charge on any atom is -0.336 e. The number of thiol groups is 1. The van der Waals surface area contributed by atoms with E-state index in [0.29, 0.717) is 19.6 Å². The van der Waals surface area contributed by atoms with Crippen LogP contribution in [0.15, 0.2) is 35.7 Å². The minimum atomic E-state index is -0.205. The number of carbonyl (C=O) groups excluding carboxylic acids is 1. The molecule has 0 atom stereocenters. The van der Waals surface area contributed by atoms with Crippen LogP contribution in [-0.2, 0) is 13.0 Å². The molecule has 0 unspecified atom stereocenters. The van der Waals surface area contributed by atoms with Gasteiger partial charge in [-0.05, 0) is 5.56 Å². The first kappa shape index (κ1) is 16.8. The van der Waals surface area contributed by atoms with Gasteiger partial charge in [0, 0.05) is 38.5 Å². The van der Waals surface area contributed by atoms with E-state index < -0.39 is 0 Å². The van der Waals surface area contributed by atoms with Gasteiger partial charge in [-0.25, -0.2) is 9.78 Å². The van der Waals surface area contributed by atoms with Gasteiger partial charge in [-0.2, -0.15) is 0 Å². The second-order valence-corrected chi connectivity index (χ2v) is 6.37. The third kappa shape index (κ3) is 5.67. The predicted octanol–water partition coefficient (Wildman–Crippen LogP) is 2.31. The van der Waals surface area contributed by atoms with Crippen molar-refractivity contribution >= 4 is 30.2 Å². The Bertz CT molecular complexity index is 586. The third-order valence-corrected chi connectivity index (χ3v) is 4.05. The highest BCUT2D eigenvalue weighted by atomic mass is 32.1. The van der Waals surface area contributed by atoms with Gasteiger partial charge in [0.05, 0.1) is 10.7 Å².